The van der Waals surface area contributed by atoms with Crippen LogP contribution >= 0.6 is 0 Å². The molecule has 2 unspecified atom stereocenters. The third-order valence-electron chi connectivity index (χ3n) is 2.53. The van der Waals surface area contributed by atoms with Crippen LogP contribution in [0.2, 0.25) is 0 Å². The van der Waals surface area contributed by atoms with Crippen molar-refractivity contribution in [2.45, 2.75) is 39.3 Å². The van der Waals surface area contributed by atoms with Crippen LogP contribution in [0, 0.1) is 6.92 Å². The molecule has 0 aliphatic carbocycles. The van der Waals surface area contributed by atoms with Crippen molar-refractivity contribution in [3.05, 3.63) is 29.3 Å². The number of carbonyl (C=O) groups is 1. The molecule has 1 aromatic rings. The fourth-order valence-electron chi connectivity index (χ4n) is 1.77. The molecule has 0 heterocycles. The van der Waals surface area contributed by atoms with Crippen LogP contribution in [0.4, 0.5) is 0 Å². The normalized spacial score (nSPS) is 14.1. The van der Waals surface area contributed by atoms with E-state index in [0.717, 1.165) is 5.56 Å². The third-order valence-corrected chi connectivity index (χ3v) is 2.53. The minimum absolute atomic E-state index is 0.0873. The molecule has 0 spiro atoms. The molecule has 2 atom stereocenters. The van der Waals surface area contributed by atoms with Gasteiger partial charge in [-0.3, -0.25) is 4.79 Å². The van der Waals surface area contributed by atoms with E-state index < -0.39 is 6.10 Å². The van der Waals surface area contributed by atoms with Gasteiger partial charge < -0.3 is 15.5 Å². The van der Waals surface area contributed by atoms with Crippen LogP contribution in [-0.4, -0.2) is 28.3 Å². The summed E-state index contributed by atoms with van der Waals surface area (Å²) in [6, 6.07) is 4.54. The Morgan fingerprint density at radius 1 is 1.41 bits per heavy atom. The highest BCUT2D eigenvalue weighted by Gasteiger charge is 2.13. The van der Waals surface area contributed by atoms with Crippen LogP contribution in [0.3, 0.4) is 0 Å². The highest BCUT2D eigenvalue weighted by atomic mass is 16.3. The van der Waals surface area contributed by atoms with Gasteiger partial charge in [0.15, 0.2) is 0 Å². The minimum atomic E-state index is -0.439. The number of nitrogens with one attached hydrogen (secondary N) is 1. The number of amides is 1. The Morgan fingerprint density at radius 2 is 2.06 bits per heavy atom. The Hall–Kier alpha value is -1.55. The molecule has 0 saturated carbocycles. The lowest BCUT2D eigenvalue weighted by molar-refractivity contribution is 0.0922. The topological polar surface area (TPSA) is 69.6 Å². The van der Waals surface area contributed by atoms with Gasteiger partial charge in [-0.2, -0.15) is 0 Å². The van der Waals surface area contributed by atoms with E-state index in [-0.39, 0.29) is 17.7 Å². The number of aromatic hydroxyl groups is 1. The first-order valence-electron chi connectivity index (χ1n) is 5.68. The molecule has 4 nitrogen and oxygen atoms in total. The van der Waals surface area contributed by atoms with Crippen LogP contribution in [-0.2, 0) is 0 Å². The van der Waals surface area contributed by atoms with Crippen molar-refractivity contribution in [1.82, 2.24) is 5.32 Å². The maximum absolute atomic E-state index is 11.9. The van der Waals surface area contributed by atoms with Gasteiger partial charge in [0.1, 0.15) is 5.75 Å². The van der Waals surface area contributed by atoms with Gasteiger partial charge in [-0.05, 0) is 51.0 Å². The summed E-state index contributed by atoms with van der Waals surface area (Å²) >= 11 is 0. The summed E-state index contributed by atoms with van der Waals surface area (Å²) in [7, 11) is 0. The molecule has 0 aliphatic heterocycles. The van der Waals surface area contributed by atoms with Gasteiger partial charge in [-0.1, -0.05) is 0 Å². The fraction of sp³-hybridized carbons (Fsp3) is 0.462. The molecular formula is C13H19NO3. The zero-order valence-corrected chi connectivity index (χ0v) is 10.4. The molecule has 0 aromatic heterocycles. The van der Waals surface area contributed by atoms with Crippen molar-refractivity contribution >= 4 is 5.91 Å². The van der Waals surface area contributed by atoms with Gasteiger partial charge in [-0.25, -0.2) is 0 Å². The Kier molecular flexibility index (Phi) is 4.52. The molecule has 0 radical (unpaired) electrons. The van der Waals surface area contributed by atoms with Crippen molar-refractivity contribution in [1.29, 1.82) is 0 Å². The van der Waals surface area contributed by atoms with Gasteiger partial charge in [0.05, 0.1) is 6.10 Å². The van der Waals surface area contributed by atoms with Crippen molar-refractivity contribution in [3.8, 4) is 5.75 Å². The number of hydrogen-bond donors (Lipinski definition) is 3. The molecule has 4 heteroatoms. The molecule has 0 aliphatic rings. The molecule has 0 fully saturated rings. The summed E-state index contributed by atoms with van der Waals surface area (Å²) in [5.41, 5.74) is 1.27. The summed E-state index contributed by atoms with van der Waals surface area (Å²) in [4.78, 5) is 11.9. The monoisotopic (exact) mass is 237 g/mol. The number of phenolic OH excluding ortho intramolecular Hbond substituents is 1. The van der Waals surface area contributed by atoms with Gasteiger partial charge in [-0.15, -0.1) is 0 Å². The molecule has 1 rings (SSSR count). The summed E-state index contributed by atoms with van der Waals surface area (Å²) in [6.45, 7) is 5.31. The zero-order valence-electron chi connectivity index (χ0n) is 10.4. The number of phenols is 1. The highest BCUT2D eigenvalue weighted by molar-refractivity contribution is 5.95. The molecule has 1 aromatic carbocycles. The Labute approximate surface area is 101 Å². The Bertz CT molecular complexity index is 402. The average molecular weight is 237 g/mol. The van der Waals surface area contributed by atoms with Gasteiger partial charge in [0.25, 0.3) is 5.91 Å². The standard InChI is InChI=1S/C13H19NO3/c1-8-6-11(16)4-5-12(8)13(17)14-9(2)7-10(3)15/h4-6,9-10,15-16H,7H2,1-3H3,(H,14,17). The highest BCUT2D eigenvalue weighted by Crippen LogP contribution is 2.15. The summed E-state index contributed by atoms with van der Waals surface area (Å²) in [6.07, 6.45) is 0.0780. The second-order valence-corrected chi connectivity index (χ2v) is 4.46. The number of benzene rings is 1. The van der Waals surface area contributed by atoms with Crippen molar-refractivity contribution < 1.29 is 15.0 Å². The van der Waals surface area contributed by atoms with Crippen LogP contribution in [0.1, 0.15) is 36.2 Å². The lowest BCUT2D eigenvalue weighted by Crippen LogP contribution is -2.34. The smallest absolute Gasteiger partial charge is 0.251 e. The van der Waals surface area contributed by atoms with Gasteiger partial charge in [0.2, 0.25) is 0 Å². The fourth-order valence-corrected chi connectivity index (χ4v) is 1.77. The molecule has 0 saturated heterocycles. The zero-order chi connectivity index (χ0) is 13.0. The quantitative estimate of drug-likeness (QED) is 0.744. The number of aliphatic hydroxyl groups is 1. The predicted octanol–water partition coefficient (Wildman–Crippen LogP) is 1.59. The molecule has 94 valence electrons. The van der Waals surface area contributed by atoms with E-state index in [4.69, 9.17) is 0 Å². The lowest BCUT2D eigenvalue weighted by atomic mass is 10.1. The third kappa shape index (κ3) is 4.07. The first-order valence-corrected chi connectivity index (χ1v) is 5.68. The molecule has 3 N–H and O–H groups in total. The number of hydrogen-bond acceptors (Lipinski definition) is 3. The van der Waals surface area contributed by atoms with E-state index in [1.807, 2.05) is 6.92 Å². The second-order valence-electron chi connectivity index (χ2n) is 4.46. The molecule has 17 heavy (non-hydrogen) atoms. The van der Waals surface area contributed by atoms with E-state index in [2.05, 4.69) is 5.32 Å². The summed E-state index contributed by atoms with van der Waals surface area (Å²) in [5, 5.41) is 21.3. The van der Waals surface area contributed by atoms with Crippen molar-refractivity contribution in [3.63, 3.8) is 0 Å². The first-order chi connectivity index (χ1) is 7.90. The largest absolute Gasteiger partial charge is 0.508 e. The number of rotatable bonds is 4. The summed E-state index contributed by atoms with van der Waals surface area (Å²) < 4.78 is 0. The number of carbonyl (C=O) groups excluding carboxylic acids is 1. The van der Waals surface area contributed by atoms with E-state index >= 15 is 0 Å². The molecule has 1 amide bonds. The van der Waals surface area contributed by atoms with E-state index in [1.54, 1.807) is 26.0 Å². The van der Waals surface area contributed by atoms with Gasteiger partial charge >= 0.3 is 0 Å². The summed E-state index contributed by atoms with van der Waals surface area (Å²) in [5.74, 6) is -0.0354. The lowest BCUT2D eigenvalue weighted by Gasteiger charge is -2.16. The SMILES string of the molecule is Cc1cc(O)ccc1C(=O)NC(C)CC(C)O. The van der Waals surface area contributed by atoms with Crippen LogP contribution in [0.5, 0.6) is 5.75 Å². The number of aryl methyl sites for hydroxylation is 1. The van der Waals surface area contributed by atoms with Crippen molar-refractivity contribution in [2.75, 3.05) is 0 Å². The average Bonchev–Trinajstić information content (AvgIpc) is 2.15. The van der Waals surface area contributed by atoms with E-state index in [0.29, 0.717) is 12.0 Å². The Balaban J connectivity index is 2.70. The first kappa shape index (κ1) is 13.5. The molecule has 0 bridgehead atoms. The predicted molar refractivity (Wildman–Crippen MR) is 66.1 cm³/mol. The number of aliphatic hydroxyl groups excluding tert-OH is 1. The maximum atomic E-state index is 11.9. The minimum Gasteiger partial charge on any atom is -0.508 e. The van der Waals surface area contributed by atoms with E-state index in [1.165, 1.54) is 6.07 Å². The maximum Gasteiger partial charge on any atom is 0.251 e. The van der Waals surface area contributed by atoms with Gasteiger partial charge in [0, 0.05) is 11.6 Å². The van der Waals surface area contributed by atoms with Crippen LogP contribution in [0.15, 0.2) is 18.2 Å². The van der Waals surface area contributed by atoms with Crippen LogP contribution in [0.25, 0.3) is 0 Å². The second kappa shape index (κ2) is 5.68. The van der Waals surface area contributed by atoms with Crippen molar-refractivity contribution in [2.24, 2.45) is 0 Å². The Morgan fingerprint density at radius 3 is 2.59 bits per heavy atom. The van der Waals surface area contributed by atoms with Crippen LogP contribution < -0.4 is 5.32 Å². The molecular weight excluding hydrogens is 218 g/mol. The van der Waals surface area contributed by atoms with E-state index in [9.17, 15) is 15.0 Å².